The summed E-state index contributed by atoms with van der Waals surface area (Å²) in [6.45, 7) is 4.17. The summed E-state index contributed by atoms with van der Waals surface area (Å²) in [6, 6.07) is 6.57. The van der Waals surface area contributed by atoms with Gasteiger partial charge in [-0.05, 0) is 24.5 Å². The summed E-state index contributed by atoms with van der Waals surface area (Å²) in [5.41, 5.74) is 0.866. The zero-order valence-corrected chi connectivity index (χ0v) is 12.5. The highest BCUT2D eigenvalue weighted by atomic mass is 35.5. The molecular formula is C15H19ClN2O2. The predicted octanol–water partition coefficient (Wildman–Crippen LogP) is 2.36. The minimum Gasteiger partial charge on any atom is -0.343 e. The fourth-order valence-electron chi connectivity index (χ4n) is 2.51. The number of carbonyl (C=O) groups excluding carboxylic acids is 2. The maximum Gasteiger partial charge on any atom is 0.246 e. The van der Waals surface area contributed by atoms with Gasteiger partial charge in [0.1, 0.15) is 12.1 Å². The normalized spacial score (nSPS) is 22.9. The van der Waals surface area contributed by atoms with E-state index < -0.39 is 12.1 Å². The van der Waals surface area contributed by atoms with Crippen LogP contribution in [-0.2, 0) is 16.1 Å². The van der Waals surface area contributed by atoms with E-state index in [-0.39, 0.29) is 11.8 Å². The first kappa shape index (κ1) is 14.9. The van der Waals surface area contributed by atoms with Crippen molar-refractivity contribution in [3.05, 3.63) is 34.9 Å². The van der Waals surface area contributed by atoms with Crippen molar-refractivity contribution in [2.75, 3.05) is 0 Å². The number of hydrogen-bond donors (Lipinski definition) is 1. The smallest absolute Gasteiger partial charge is 0.246 e. The van der Waals surface area contributed by atoms with Gasteiger partial charge >= 0.3 is 0 Å². The second-order valence-electron chi connectivity index (χ2n) is 4.95. The van der Waals surface area contributed by atoms with Gasteiger partial charge in [0.25, 0.3) is 0 Å². The molecule has 0 spiro atoms. The third-order valence-electron chi connectivity index (χ3n) is 3.67. The number of nitrogens with one attached hydrogen (secondary N) is 1. The zero-order chi connectivity index (χ0) is 14.7. The van der Waals surface area contributed by atoms with Gasteiger partial charge in [0.2, 0.25) is 11.8 Å². The van der Waals surface area contributed by atoms with E-state index in [1.165, 1.54) is 0 Å². The summed E-state index contributed by atoms with van der Waals surface area (Å²) in [5.74, 6) is -0.107. The average Bonchev–Trinajstić information content (AvgIpc) is 2.45. The summed E-state index contributed by atoms with van der Waals surface area (Å²) in [6.07, 6.45) is 1.19. The zero-order valence-electron chi connectivity index (χ0n) is 11.7. The molecule has 0 aromatic heterocycles. The highest BCUT2D eigenvalue weighted by Crippen LogP contribution is 2.22. The standard InChI is InChI=1S/C15H19ClN2O2/c1-3-12-15(20)18(13(4-2)14(19)17-12)9-10-7-5-6-8-11(10)16/h5-8,12-13H,3-4,9H2,1-2H3,(H,17,19). The van der Waals surface area contributed by atoms with Crippen molar-refractivity contribution in [1.29, 1.82) is 0 Å². The molecule has 0 aliphatic carbocycles. The Balaban J connectivity index is 2.27. The van der Waals surface area contributed by atoms with Crippen molar-refractivity contribution < 1.29 is 9.59 Å². The Labute approximate surface area is 124 Å². The molecule has 2 atom stereocenters. The van der Waals surface area contributed by atoms with E-state index in [2.05, 4.69) is 5.32 Å². The van der Waals surface area contributed by atoms with Crippen molar-refractivity contribution in [3.63, 3.8) is 0 Å². The van der Waals surface area contributed by atoms with Crippen LogP contribution in [0.1, 0.15) is 32.3 Å². The molecule has 2 amide bonds. The number of hydrogen-bond acceptors (Lipinski definition) is 2. The van der Waals surface area contributed by atoms with E-state index in [0.29, 0.717) is 24.4 Å². The predicted molar refractivity (Wildman–Crippen MR) is 78.3 cm³/mol. The van der Waals surface area contributed by atoms with Crippen LogP contribution in [0.2, 0.25) is 5.02 Å². The lowest BCUT2D eigenvalue weighted by Gasteiger charge is -2.38. The van der Waals surface area contributed by atoms with E-state index in [1.807, 2.05) is 32.0 Å². The Hall–Kier alpha value is -1.55. The molecule has 1 aromatic rings. The van der Waals surface area contributed by atoms with Gasteiger partial charge in [0.05, 0.1) is 0 Å². The number of amides is 2. The van der Waals surface area contributed by atoms with Gasteiger partial charge in [0, 0.05) is 11.6 Å². The minimum absolute atomic E-state index is 0.0288. The van der Waals surface area contributed by atoms with Crippen molar-refractivity contribution in [1.82, 2.24) is 10.2 Å². The van der Waals surface area contributed by atoms with Gasteiger partial charge in [-0.2, -0.15) is 0 Å². The molecule has 1 aliphatic rings. The Kier molecular flexibility index (Phi) is 4.65. The van der Waals surface area contributed by atoms with Crippen LogP contribution in [0.3, 0.4) is 0 Å². The molecule has 1 heterocycles. The summed E-state index contributed by atoms with van der Waals surface area (Å²) < 4.78 is 0. The van der Waals surface area contributed by atoms with Crippen LogP contribution in [-0.4, -0.2) is 28.8 Å². The second kappa shape index (κ2) is 6.27. The van der Waals surface area contributed by atoms with Gasteiger partial charge < -0.3 is 10.2 Å². The maximum absolute atomic E-state index is 12.5. The monoisotopic (exact) mass is 294 g/mol. The van der Waals surface area contributed by atoms with Gasteiger partial charge in [-0.15, -0.1) is 0 Å². The minimum atomic E-state index is -0.423. The molecule has 0 radical (unpaired) electrons. The molecule has 20 heavy (non-hydrogen) atoms. The Bertz CT molecular complexity index is 518. The number of halogens is 1. The van der Waals surface area contributed by atoms with Crippen molar-refractivity contribution in [3.8, 4) is 0 Å². The van der Waals surface area contributed by atoms with Crippen molar-refractivity contribution >= 4 is 23.4 Å². The number of nitrogens with zero attached hydrogens (tertiary/aromatic N) is 1. The molecule has 5 heteroatoms. The molecule has 4 nitrogen and oxygen atoms in total. The largest absolute Gasteiger partial charge is 0.343 e. The lowest BCUT2D eigenvalue weighted by Crippen LogP contribution is -2.62. The molecule has 1 saturated heterocycles. The lowest BCUT2D eigenvalue weighted by atomic mass is 10.0. The van der Waals surface area contributed by atoms with E-state index in [0.717, 1.165) is 5.56 Å². The first-order valence-electron chi connectivity index (χ1n) is 6.92. The van der Waals surface area contributed by atoms with Crippen molar-refractivity contribution in [2.45, 2.75) is 45.3 Å². The molecular weight excluding hydrogens is 276 g/mol. The Morgan fingerprint density at radius 2 is 1.90 bits per heavy atom. The molecule has 0 bridgehead atoms. The summed E-state index contributed by atoms with van der Waals surface area (Å²) in [7, 11) is 0. The first-order chi connectivity index (χ1) is 9.58. The van der Waals surface area contributed by atoms with E-state index in [1.54, 1.807) is 11.0 Å². The number of rotatable bonds is 4. The van der Waals surface area contributed by atoms with Crippen LogP contribution in [0, 0.1) is 0 Å². The van der Waals surface area contributed by atoms with Crippen LogP contribution in [0.4, 0.5) is 0 Å². The summed E-state index contributed by atoms with van der Waals surface area (Å²) in [4.78, 5) is 26.2. The SMILES string of the molecule is CCC1NC(=O)C(CC)N(Cc2ccccc2Cl)C1=O. The average molecular weight is 295 g/mol. The van der Waals surface area contributed by atoms with E-state index >= 15 is 0 Å². The molecule has 0 saturated carbocycles. The van der Waals surface area contributed by atoms with Gasteiger partial charge in [-0.25, -0.2) is 0 Å². The van der Waals surface area contributed by atoms with Crippen LogP contribution < -0.4 is 5.32 Å². The third-order valence-corrected chi connectivity index (χ3v) is 4.04. The molecule has 1 fully saturated rings. The highest BCUT2D eigenvalue weighted by Gasteiger charge is 2.38. The van der Waals surface area contributed by atoms with Gasteiger partial charge in [0.15, 0.2) is 0 Å². The van der Waals surface area contributed by atoms with Gasteiger partial charge in [-0.1, -0.05) is 43.6 Å². The molecule has 108 valence electrons. The molecule has 1 aliphatic heterocycles. The summed E-state index contributed by atoms with van der Waals surface area (Å²) in [5, 5.41) is 3.40. The molecule has 2 rings (SSSR count). The first-order valence-corrected chi connectivity index (χ1v) is 7.30. The van der Waals surface area contributed by atoms with Crippen LogP contribution in [0.5, 0.6) is 0 Å². The maximum atomic E-state index is 12.5. The Morgan fingerprint density at radius 1 is 1.20 bits per heavy atom. The highest BCUT2D eigenvalue weighted by molar-refractivity contribution is 6.31. The van der Waals surface area contributed by atoms with Gasteiger partial charge in [-0.3, -0.25) is 9.59 Å². The number of benzene rings is 1. The lowest BCUT2D eigenvalue weighted by molar-refractivity contribution is -0.150. The van der Waals surface area contributed by atoms with Crippen LogP contribution in [0.15, 0.2) is 24.3 Å². The molecule has 1 aromatic carbocycles. The number of piperazine rings is 1. The van der Waals surface area contributed by atoms with Crippen molar-refractivity contribution in [2.24, 2.45) is 0 Å². The topological polar surface area (TPSA) is 49.4 Å². The molecule has 1 N–H and O–H groups in total. The fourth-order valence-corrected chi connectivity index (χ4v) is 2.70. The van der Waals surface area contributed by atoms with Crippen LogP contribution in [0.25, 0.3) is 0 Å². The van der Waals surface area contributed by atoms with E-state index in [4.69, 9.17) is 11.6 Å². The van der Waals surface area contributed by atoms with E-state index in [9.17, 15) is 9.59 Å². The second-order valence-corrected chi connectivity index (χ2v) is 5.36. The number of carbonyl (C=O) groups is 2. The quantitative estimate of drug-likeness (QED) is 0.927. The third kappa shape index (κ3) is 2.80. The molecule has 2 unspecified atom stereocenters. The Morgan fingerprint density at radius 3 is 2.50 bits per heavy atom. The fraction of sp³-hybridized carbons (Fsp3) is 0.467. The van der Waals surface area contributed by atoms with Crippen LogP contribution >= 0.6 is 11.6 Å². The summed E-state index contributed by atoms with van der Waals surface area (Å²) >= 11 is 6.15.